The van der Waals surface area contributed by atoms with E-state index in [0.29, 0.717) is 24.3 Å². The van der Waals surface area contributed by atoms with Crippen molar-refractivity contribution in [2.75, 3.05) is 13.7 Å². The molecular weight excluding hydrogens is 328 g/mol. The molecule has 0 aromatic heterocycles. The van der Waals surface area contributed by atoms with Crippen molar-refractivity contribution < 1.29 is 13.9 Å². The van der Waals surface area contributed by atoms with Crippen molar-refractivity contribution >= 4 is 29.1 Å². The third-order valence-corrected chi connectivity index (χ3v) is 3.64. The Hall–Kier alpha value is -1.78. The molecule has 1 amide bonds. The van der Waals surface area contributed by atoms with Gasteiger partial charge in [0.25, 0.3) is 5.91 Å². The van der Waals surface area contributed by atoms with Crippen LogP contribution >= 0.6 is 23.2 Å². The summed E-state index contributed by atoms with van der Waals surface area (Å²) < 4.78 is 17.8. The maximum absolute atomic E-state index is 12.8. The molecule has 0 radical (unpaired) electrons. The number of nitrogens with one attached hydrogen (secondary N) is 1. The highest BCUT2D eigenvalue weighted by atomic mass is 35.5. The molecule has 2 aromatic carbocycles. The van der Waals surface area contributed by atoms with Gasteiger partial charge in [0, 0.05) is 12.1 Å². The molecule has 0 aliphatic heterocycles. The minimum atomic E-state index is -0.284. The first-order chi connectivity index (χ1) is 10.5. The zero-order chi connectivity index (χ0) is 16.1. The van der Waals surface area contributed by atoms with Crippen LogP contribution in [0, 0.1) is 5.82 Å². The average molecular weight is 342 g/mol. The summed E-state index contributed by atoms with van der Waals surface area (Å²) in [5, 5.41) is 3.32. The van der Waals surface area contributed by atoms with Crippen LogP contribution in [0.15, 0.2) is 36.4 Å². The predicted octanol–water partition coefficient (Wildman–Crippen LogP) is 4.11. The summed E-state index contributed by atoms with van der Waals surface area (Å²) in [6.45, 7) is 0.422. The Balaban J connectivity index is 1.96. The van der Waals surface area contributed by atoms with Crippen LogP contribution in [-0.4, -0.2) is 19.6 Å². The molecule has 0 saturated heterocycles. The molecule has 0 heterocycles. The van der Waals surface area contributed by atoms with Crippen molar-refractivity contribution in [3.05, 3.63) is 63.4 Å². The topological polar surface area (TPSA) is 38.3 Å². The Bertz CT molecular complexity index is 651. The second-order valence-electron chi connectivity index (χ2n) is 4.61. The lowest BCUT2D eigenvalue weighted by Crippen LogP contribution is -2.25. The van der Waals surface area contributed by atoms with Crippen LogP contribution in [0.5, 0.6) is 5.75 Å². The lowest BCUT2D eigenvalue weighted by Gasteiger charge is -2.09. The Morgan fingerprint density at radius 1 is 1.18 bits per heavy atom. The number of hydrogen-bond acceptors (Lipinski definition) is 2. The number of carbonyl (C=O) groups excluding carboxylic acids is 1. The summed E-state index contributed by atoms with van der Waals surface area (Å²) in [6.07, 6.45) is 0.601. The maximum Gasteiger partial charge on any atom is 0.251 e. The van der Waals surface area contributed by atoms with E-state index in [0.717, 1.165) is 5.56 Å². The monoisotopic (exact) mass is 341 g/mol. The number of benzene rings is 2. The van der Waals surface area contributed by atoms with Gasteiger partial charge in [0.1, 0.15) is 5.82 Å². The predicted molar refractivity (Wildman–Crippen MR) is 85.5 cm³/mol. The molecule has 2 rings (SSSR count). The van der Waals surface area contributed by atoms with Gasteiger partial charge in [-0.1, -0.05) is 35.3 Å². The van der Waals surface area contributed by atoms with Crippen LogP contribution in [0.25, 0.3) is 0 Å². The van der Waals surface area contributed by atoms with Crippen LogP contribution < -0.4 is 10.1 Å². The zero-order valence-electron chi connectivity index (χ0n) is 11.8. The summed E-state index contributed by atoms with van der Waals surface area (Å²) in [5.74, 6) is -0.227. The molecule has 22 heavy (non-hydrogen) atoms. The molecule has 0 spiro atoms. The molecule has 3 nitrogen and oxygen atoms in total. The first-order valence-electron chi connectivity index (χ1n) is 6.57. The van der Waals surface area contributed by atoms with Gasteiger partial charge in [0.2, 0.25) is 0 Å². The van der Waals surface area contributed by atoms with E-state index in [9.17, 15) is 9.18 Å². The van der Waals surface area contributed by atoms with E-state index in [2.05, 4.69) is 5.32 Å². The molecule has 0 aliphatic carbocycles. The molecule has 0 fully saturated rings. The van der Waals surface area contributed by atoms with Gasteiger partial charge in [-0.3, -0.25) is 4.79 Å². The number of hydrogen-bond donors (Lipinski definition) is 1. The van der Waals surface area contributed by atoms with E-state index < -0.39 is 0 Å². The lowest BCUT2D eigenvalue weighted by molar-refractivity contribution is 0.0954. The van der Waals surface area contributed by atoms with Crippen LogP contribution in [0.2, 0.25) is 10.0 Å². The minimum Gasteiger partial charge on any atom is -0.494 e. The third kappa shape index (κ3) is 4.12. The molecule has 1 N–H and O–H groups in total. The van der Waals surface area contributed by atoms with Gasteiger partial charge >= 0.3 is 0 Å². The summed E-state index contributed by atoms with van der Waals surface area (Å²) in [4.78, 5) is 12.1. The van der Waals surface area contributed by atoms with Gasteiger partial charge in [-0.15, -0.1) is 0 Å². The Morgan fingerprint density at radius 2 is 1.77 bits per heavy atom. The first kappa shape index (κ1) is 16.6. The Morgan fingerprint density at radius 3 is 2.32 bits per heavy atom. The van der Waals surface area contributed by atoms with Gasteiger partial charge < -0.3 is 10.1 Å². The van der Waals surface area contributed by atoms with E-state index in [-0.39, 0.29) is 21.8 Å². The van der Waals surface area contributed by atoms with E-state index in [1.54, 1.807) is 12.1 Å². The maximum atomic E-state index is 12.8. The molecule has 0 saturated carbocycles. The van der Waals surface area contributed by atoms with Gasteiger partial charge in [-0.25, -0.2) is 4.39 Å². The van der Waals surface area contributed by atoms with E-state index in [4.69, 9.17) is 27.9 Å². The fourth-order valence-corrected chi connectivity index (χ4v) is 2.60. The van der Waals surface area contributed by atoms with Crippen LogP contribution in [0.1, 0.15) is 15.9 Å². The molecule has 0 unspecified atom stereocenters. The van der Waals surface area contributed by atoms with Gasteiger partial charge in [0.05, 0.1) is 17.2 Å². The second kappa shape index (κ2) is 7.47. The molecule has 6 heteroatoms. The molecule has 0 bridgehead atoms. The van der Waals surface area contributed by atoms with Crippen molar-refractivity contribution in [2.24, 2.45) is 0 Å². The van der Waals surface area contributed by atoms with Crippen LogP contribution in [0.4, 0.5) is 4.39 Å². The van der Waals surface area contributed by atoms with Crippen LogP contribution in [0.3, 0.4) is 0 Å². The van der Waals surface area contributed by atoms with Gasteiger partial charge in [0.15, 0.2) is 5.75 Å². The van der Waals surface area contributed by atoms with Crippen molar-refractivity contribution in [1.29, 1.82) is 0 Å². The molecular formula is C16H14Cl2FNO2. The van der Waals surface area contributed by atoms with Crippen molar-refractivity contribution in [2.45, 2.75) is 6.42 Å². The van der Waals surface area contributed by atoms with E-state index >= 15 is 0 Å². The molecule has 116 valence electrons. The van der Waals surface area contributed by atoms with E-state index in [1.165, 1.54) is 31.4 Å². The van der Waals surface area contributed by atoms with Crippen molar-refractivity contribution in [3.8, 4) is 5.75 Å². The van der Waals surface area contributed by atoms with Crippen LogP contribution in [-0.2, 0) is 6.42 Å². The highest BCUT2D eigenvalue weighted by molar-refractivity contribution is 6.37. The first-order valence-corrected chi connectivity index (χ1v) is 7.32. The number of ether oxygens (including phenoxy) is 1. The fraction of sp³-hybridized carbons (Fsp3) is 0.188. The average Bonchev–Trinajstić information content (AvgIpc) is 2.49. The molecule has 2 aromatic rings. The third-order valence-electron chi connectivity index (χ3n) is 3.08. The summed E-state index contributed by atoms with van der Waals surface area (Å²) >= 11 is 12.0. The summed E-state index contributed by atoms with van der Waals surface area (Å²) in [5.41, 5.74) is 1.29. The molecule has 0 atom stereocenters. The summed E-state index contributed by atoms with van der Waals surface area (Å²) in [7, 11) is 1.45. The second-order valence-corrected chi connectivity index (χ2v) is 5.42. The normalized spacial score (nSPS) is 10.4. The highest BCUT2D eigenvalue weighted by Gasteiger charge is 2.13. The van der Waals surface area contributed by atoms with Gasteiger partial charge in [-0.2, -0.15) is 0 Å². The van der Waals surface area contributed by atoms with Crippen molar-refractivity contribution in [3.63, 3.8) is 0 Å². The number of amides is 1. The van der Waals surface area contributed by atoms with Gasteiger partial charge in [-0.05, 0) is 36.2 Å². The highest BCUT2D eigenvalue weighted by Crippen LogP contribution is 2.33. The largest absolute Gasteiger partial charge is 0.494 e. The molecule has 0 aliphatic rings. The number of halogens is 3. The summed E-state index contributed by atoms with van der Waals surface area (Å²) in [6, 6.07) is 9.14. The number of carbonyl (C=O) groups is 1. The van der Waals surface area contributed by atoms with E-state index in [1.807, 2.05) is 0 Å². The fourth-order valence-electron chi connectivity index (χ4n) is 1.96. The Labute approximate surface area is 138 Å². The number of methoxy groups -OCH3 is 1. The smallest absolute Gasteiger partial charge is 0.251 e. The standard InChI is InChI=1S/C16H14Cl2FNO2/c1-22-15-13(17)8-11(9-14(15)18)16(21)20-7-6-10-2-4-12(19)5-3-10/h2-5,8-9H,6-7H2,1H3,(H,20,21). The SMILES string of the molecule is COc1c(Cl)cc(C(=O)NCCc2ccc(F)cc2)cc1Cl. The quantitative estimate of drug-likeness (QED) is 0.888. The lowest BCUT2D eigenvalue weighted by atomic mass is 10.1. The minimum absolute atomic E-state index is 0.277. The Kier molecular flexibility index (Phi) is 5.63. The number of rotatable bonds is 5. The van der Waals surface area contributed by atoms with Crippen molar-refractivity contribution in [1.82, 2.24) is 5.32 Å². The zero-order valence-corrected chi connectivity index (χ0v) is 13.3.